The summed E-state index contributed by atoms with van der Waals surface area (Å²) in [6.07, 6.45) is 1.60. The van der Waals surface area contributed by atoms with E-state index in [9.17, 15) is 9.90 Å². The second-order valence-corrected chi connectivity index (χ2v) is 7.44. The topological polar surface area (TPSA) is 93.5 Å². The average Bonchev–Trinajstić information content (AvgIpc) is 3.29. The summed E-state index contributed by atoms with van der Waals surface area (Å²) in [6, 6.07) is 16.7. The van der Waals surface area contributed by atoms with E-state index in [0.717, 1.165) is 17.0 Å². The molecule has 0 spiro atoms. The fourth-order valence-corrected chi connectivity index (χ4v) is 4.30. The molecule has 8 heteroatoms. The van der Waals surface area contributed by atoms with Crippen molar-refractivity contribution in [2.75, 3.05) is 14.2 Å². The number of aromatic carboxylic acids is 1. The first kappa shape index (κ1) is 19.9. The van der Waals surface area contributed by atoms with E-state index in [4.69, 9.17) is 19.3 Å². The van der Waals surface area contributed by atoms with Gasteiger partial charge in [-0.3, -0.25) is 4.98 Å². The van der Waals surface area contributed by atoms with Gasteiger partial charge in [0, 0.05) is 23.7 Å². The predicted molar refractivity (Wildman–Crippen MR) is 116 cm³/mol. The lowest BCUT2D eigenvalue weighted by molar-refractivity contribution is -0.0199. The number of hydrogen-bond donors (Lipinski definition) is 1. The highest BCUT2D eigenvalue weighted by Gasteiger charge is 2.43. The lowest BCUT2D eigenvalue weighted by atomic mass is 9.96. The largest absolute Gasteiger partial charge is 0.493 e. The Kier molecular flexibility index (Phi) is 4.89. The maximum Gasteiger partial charge on any atom is 0.340 e. The molecule has 2 aliphatic heterocycles. The molecule has 0 bridgehead atoms. The first-order chi connectivity index (χ1) is 15.6. The maximum atomic E-state index is 12.3. The van der Waals surface area contributed by atoms with Gasteiger partial charge in [0.25, 0.3) is 0 Å². The van der Waals surface area contributed by atoms with Crippen molar-refractivity contribution in [1.29, 1.82) is 0 Å². The Bertz CT molecular complexity index is 1210. The maximum absolute atomic E-state index is 12.3. The third-order valence-corrected chi connectivity index (χ3v) is 5.72. The van der Waals surface area contributed by atoms with Crippen molar-refractivity contribution in [2.24, 2.45) is 5.10 Å². The molecule has 0 radical (unpaired) electrons. The van der Waals surface area contributed by atoms with Gasteiger partial charge in [-0.05, 0) is 30.3 Å². The molecule has 0 fully saturated rings. The number of fused-ring (bicyclic) bond motifs is 3. The lowest BCUT2D eigenvalue weighted by Crippen LogP contribution is -2.34. The van der Waals surface area contributed by atoms with Gasteiger partial charge in [0.05, 0.1) is 31.7 Å². The zero-order valence-corrected chi connectivity index (χ0v) is 17.6. The summed E-state index contributed by atoms with van der Waals surface area (Å²) < 4.78 is 17.0. The second-order valence-electron chi connectivity index (χ2n) is 7.44. The second kappa shape index (κ2) is 7.88. The summed E-state index contributed by atoms with van der Waals surface area (Å²) in [6.45, 7) is 0. The van der Waals surface area contributed by atoms with Gasteiger partial charge in [-0.1, -0.05) is 24.3 Å². The fraction of sp³-hybridized carbons (Fsp3) is 0.208. The van der Waals surface area contributed by atoms with Crippen LogP contribution in [0, 0.1) is 0 Å². The van der Waals surface area contributed by atoms with Crippen LogP contribution in [0.4, 0.5) is 0 Å². The van der Waals surface area contributed by atoms with Crippen molar-refractivity contribution in [3.63, 3.8) is 0 Å². The Hall–Kier alpha value is -4.07. The van der Waals surface area contributed by atoms with E-state index in [-0.39, 0.29) is 17.4 Å². The van der Waals surface area contributed by atoms with Crippen LogP contribution in [-0.4, -0.2) is 41.0 Å². The zero-order chi connectivity index (χ0) is 22.2. The minimum Gasteiger partial charge on any atom is -0.493 e. The highest BCUT2D eigenvalue weighted by Crippen LogP contribution is 2.49. The van der Waals surface area contributed by atoms with Crippen molar-refractivity contribution in [3.8, 4) is 17.2 Å². The van der Waals surface area contributed by atoms with Gasteiger partial charge in [-0.2, -0.15) is 5.10 Å². The quantitative estimate of drug-likeness (QED) is 0.652. The molecule has 162 valence electrons. The summed E-state index contributed by atoms with van der Waals surface area (Å²) >= 11 is 0. The summed E-state index contributed by atoms with van der Waals surface area (Å²) in [5.74, 6) is 0.0374. The molecular formula is C24H21N3O5. The molecule has 32 heavy (non-hydrogen) atoms. The number of carboxylic acids is 1. The van der Waals surface area contributed by atoms with Gasteiger partial charge in [0.2, 0.25) is 6.23 Å². The van der Waals surface area contributed by atoms with Gasteiger partial charge >= 0.3 is 5.97 Å². The van der Waals surface area contributed by atoms with Gasteiger partial charge in [0.15, 0.2) is 11.5 Å². The molecule has 0 unspecified atom stereocenters. The van der Waals surface area contributed by atoms with Crippen LogP contribution in [0.25, 0.3) is 0 Å². The van der Waals surface area contributed by atoms with Crippen LogP contribution in [0.15, 0.2) is 65.9 Å². The minimum atomic E-state index is -1.14. The smallest absolute Gasteiger partial charge is 0.340 e. The summed E-state index contributed by atoms with van der Waals surface area (Å²) in [4.78, 5) is 16.7. The predicted octanol–water partition coefficient (Wildman–Crippen LogP) is 4.04. The van der Waals surface area contributed by atoms with Gasteiger partial charge in [-0.15, -0.1) is 0 Å². The number of para-hydroxylation sites is 1. The highest BCUT2D eigenvalue weighted by molar-refractivity contribution is 6.00. The first-order valence-corrected chi connectivity index (χ1v) is 10.1. The molecule has 8 nitrogen and oxygen atoms in total. The highest BCUT2D eigenvalue weighted by atomic mass is 16.5. The van der Waals surface area contributed by atoms with Crippen molar-refractivity contribution < 1.29 is 24.1 Å². The van der Waals surface area contributed by atoms with Crippen molar-refractivity contribution in [3.05, 3.63) is 83.2 Å². The number of aromatic nitrogens is 1. The third kappa shape index (κ3) is 3.11. The molecule has 0 saturated heterocycles. The van der Waals surface area contributed by atoms with E-state index >= 15 is 0 Å². The van der Waals surface area contributed by atoms with E-state index in [2.05, 4.69) is 4.98 Å². The van der Waals surface area contributed by atoms with Crippen LogP contribution in [-0.2, 0) is 0 Å². The summed E-state index contributed by atoms with van der Waals surface area (Å²) in [5, 5.41) is 16.7. The molecule has 1 aromatic heterocycles. The number of ether oxygens (including phenoxy) is 3. The lowest BCUT2D eigenvalue weighted by Gasteiger charge is -2.38. The van der Waals surface area contributed by atoms with Crippen LogP contribution < -0.4 is 14.2 Å². The molecule has 0 amide bonds. The monoisotopic (exact) mass is 431 g/mol. The molecule has 1 N–H and O–H groups in total. The molecule has 2 aliphatic rings. The van der Waals surface area contributed by atoms with Crippen molar-refractivity contribution >= 4 is 11.7 Å². The number of methoxy groups -OCH3 is 2. The summed E-state index contributed by atoms with van der Waals surface area (Å²) in [5.41, 5.74) is 3.01. The number of hydrogen-bond acceptors (Lipinski definition) is 7. The molecular weight excluding hydrogens is 410 g/mol. The first-order valence-electron chi connectivity index (χ1n) is 10.1. The van der Waals surface area contributed by atoms with E-state index in [1.807, 2.05) is 47.5 Å². The number of hydrazone groups is 1. The Morgan fingerprint density at radius 2 is 1.88 bits per heavy atom. The van der Waals surface area contributed by atoms with Crippen LogP contribution in [0.5, 0.6) is 17.2 Å². The Morgan fingerprint density at radius 3 is 2.59 bits per heavy atom. The van der Waals surface area contributed by atoms with E-state index in [0.29, 0.717) is 23.5 Å². The minimum absolute atomic E-state index is 0.0172. The van der Waals surface area contributed by atoms with Crippen molar-refractivity contribution in [2.45, 2.75) is 18.7 Å². The Morgan fingerprint density at radius 1 is 1.06 bits per heavy atom. The molecule has 2 atom stereocenters. The van der Waals surface area contributed by atoms with Crippen LogP contribution in [0.3, 0.4) is 0 Å². The van der Waals surface area contributed by atoms with Crippen LogP contribution >= 0.6 is 0 Å². The number of pyridine rings is 1. The normalized spacial score (nSPS) is 18.8. The van der Waals surface area contributed by atoms with Crippen molar-refractivity contribution in [1.82, 2.24) is 9.99 Å². The molecule has 0 saturated carbocycles. The van der Waals surface area contributed by atoms with Gasteiger partial charge in [0.1, 0.15) is 11.3 Å². The summed E-state index contributed by atoms with van der Waals surface area (Å²) in [7, 11) is 2.89. The zero-order valence-electron chi connectivity index (χ0n) is 17.6. The Labute approximate surface area is 184 Å². The molecule has 3 heterocycles. The molecule has 3 aromatic rings. The number of carboxylic acid groups (broad SMARTS) is 1. The number of carbonyl (C=O) groups is 1. The molecule has 2 aromatic carbocycles. The van der Waals surface area contributed by atoms with Gasteiger partial charge in [-0.25, -0.2) is 9.80 Å². The molecule has 5 rings (SSSR count). The number of nitrogens with zero attached hydrogens (tertiary/aromatic N) is 3. The van der Waals surface area contributed by atoms with E-state index < -0.39 is 12.2 Å². The van der Waals surface area contributed by atoms with Gasteiger partial charge < -0.3 is 19.3 Å². The van der Waals surface area contributed by atoms with E-state index in [1.54, 1.807) is 18.3 Å². The van der Waals surface area contributed by atoms with E-state index in [1.165, 1.54) is 14.2 Å². The van der Waals surface area contributed by atoms with Crippen LogP contribution in [0.2, 0.25) is 0 Å². The van der Waals surface area contributed by atoms with Crippen LogP contribution in [0.1, 0.15) is 45.9 Å². The third-order valence-electron chi connectivity index (χ3n) is 5.72. The average molecular weight is 431 g/mol. The number of rotatable bonds is 5. The molecule has 0 aliphatic carbocycles. The standard InChI is InChI=1S/C24H21N3O5/c1-30-20-11-10-15(21(24(28)29)22(20)31-2)23-27-18(14-7-3-4-9-19(14)32-23)13-17(26-27)16-8-5-6-12-25-16/h3-12,18,23H,13H2,1-2H3,(H,28,29)/t18-,23-/m1/s1. The SMILES string of the molecule is COc1ccc([C@H]2Oc3ccccc3[C@H]3CC(c4ccccn4)=NN32)c(C(=O)O)c1OC. The number of benzene rings is 2. The fourth-order valence-electron chi connectivity index (χ4n) is 4.30. The Balaban J connectivity index is 1.67.